The topological polar surface area (TPSA) is 67.4 Å². The summed E-state index contributed by atoms with van der Waals surface area (Å²) in [6.45, 7) is -0.00468. The number of hydrogen-bond donors (Lipinski definition) is 2. The summed E-state index contributed by atoms with van der Waals surface area (Å²) in [5, 5.41) is 12.2. The molecule has 2 N–H and O–H groups in total. The predicted octanol–water partition coefficient (Wildman–Crippen LogP) is 3.05. The standard InChI is InChI=1S/C17H22N2O3/c20-11-9-14(16-8-4-12-22-16)18-17(21)15-7-3-10-19(15)13-5-1-2-6-13/h3-4,7-8,10,12-14,20H,1-2,5-6,9,11H2,(H,18,21). The van der Waals surface area contributed by atoms with Crippen LogP contribution in [0.4, 0.5) is 0 Å². The van der Waals surface area contributed by atoms with E-state index in [0.717, 1.165) is 12.8 Å². The van der Waals surface area contributed by atoms with Crippen LogP contribution in [-0.2, 0) is 0 Å². The van der Waals surface area contributed by atoms with E-state index in [-0.39, 0.29) is 18.6 Å². The maximum absolute atomic E-state index is 12.6. The fraction of sp³-hybridized carbons (Fsp3) is 0.471. The minimum atomic E-state index is -0.306. The molecule has 1 aliphatic rings. The van der Waals surface area contributed by atoms with Crippen molar-refractivity contribution < 1.29 is 14.3 Å². The monoisotopic (exact) mass is 302 g/mol. The smallest absolute Gasteiger partial charge is 0.268 e. The summed E-state index contributed by atoms with van der Waals surface area (Å²) in [4.78, 5) is 12.6. The average molecular weight is 302 g/mol. The number of hydrogen-bond acceptors (Lipinski definition) is 3. The second-order valence-corrected chi connectivity index (χ2v) is 5.79. The van der Waals surface area contributed by atoms with Crippen molar-refractivity contribution in [3.05, 3.63) is 48.2 Å². The van der Waals surface area contributed by atoms with Crippen LogP contribution >= 0.6 is 0 Å². The average Bonchev–Trinajstić information content (AvgIpc) is 3.25. The van der Waals surface area contributed by atoms with Gasteiger partial charge in [-0.3, -0.25) is 4.79 Å². The molecule has 22 heavy (non-hydrogen) atoms. The van der Waals surface area contributed by atoms with Crippen molar-refractivity contribution in [1.82, 2.24) is 9.88 Å². The summed E-state index contributed by atoms with van der Waals surface area (Å²) < 4.78 is 7.45. The fourth-order valence-electron chi connectivity index (χ4n) is 3.22. The van der Waals surface area contributed by atoms with E-state index >= 15 is 0 Å². The van der Waals surface area contributed by atoms with Gasteiger partial charge in [-0.05, 0) is 43.5 Å². The van der Waals surface area contributed by atoms with Crippen LogP contribution in [0.25, 0.3) is 0 Å². The minimum Gasteiger partial charge on any atom is -0.467 e. The van der Waals surface area contributed by atoms with E-state index in [2.05, 4.69) is 9.88 Å². The van der Waals surface area contributed by atoms with Gasteiger partial charge in [0.1, 0.15) is 11.5 Å². The Morgan fingerprint density at radius 3 is 2.86 bits per heavy atom. The molecule has 0 aromatic carbocycles. The minimum absolute atomic E-state index is 0.00468. The Morgan fingerprint density at radius 1 is 1.36 bits per heavy atom. The van der Waals surface area contributed by atoms with E-state index in [1.54, 1.807) is 12.3 Å². The zero-order chi connectivity index (χ0) is 15.4. The summed E-state index contributed by atoms with van der Waals surface area (Å²) in [5.74, 6) is 0.549. The lowest BCUT2D eigenvalue weighted by Crippen LogP contribution is -2.31. The highest BCUT2D eigenvalue weighted by Gasteiger charge is 2.23. The van der Waals surface area contributed by atoms with E-state index in [4.69, 9.17) is 4.42 Å². The van der Waals surface area contributed by atoms with E-state index in [9.17, 15) is 9.90 Å². The Labute approximate surface area is 129 Å². The molecule has 1 unspecified atom stereocenters. The molecule has 0 saturated heterocycles. The van der Waals surface area contributed by atoms with Gasteiger partial charge in [0.25, 0.3) is 5.91 Å². The third-order valence-electron chi connectivity index (χ3n) is 4.34. The Morgan fingerprint density at radius 2 is 2.18 bits per heavy atom. The van der Waals surface area contributed by atoms with Gasteiger partial charge in [-0.1, -0.05) is 12.8 Å². The molecule has 0 spiro atoms. The Hall–Kier alpha value is -2.01. The molecule has 1 amide bonds. The van der Waals surface area contributed by atoms with Crippen LogP contribution in [0.15, 0.2) is 41.1 Å². The van der Waals surface area contributed by atoms with Crippen LogP contribution in [0, 0.1) is 0 Å². The number of aliphatic hydroxyl groups excluding tert-OH is 1. The molecule has 0 aliphatic heterocycles. The van der Waals surface area contributed by atoms with Gasteiger partial charge in [-0.15, -0.1) is 0 Å². The quantitative estimate of drug-likeness (QED) is 0.862. The molecule has 0 radical (unpaired) electrons. The molecule has 1 atom stereocenters. The molecule has 118 valence electrons. The van der Waals surface area contributed by atoms with E-state index in [1.807, 2.05) is 24.4 Å². The largest absolute Gasteiger partial charge is 0.467 e. The maximum atomic E-state index is 12.6. The maximum Gasteiger partial charge on any atom is 0.268 e. The third-order valence-corrected chi connectivity index (χ3v) is 4.34. The molecule has 1 aliphatic carbocycles. The highest BCUT2D eigenvalue weighted by atomic mass is 16.3. The first-order chi connectivity index (χ1) is 10.8. The second kappa shape index (κ2) is 6.83. The van der Waals surface area contributed by atoms with Crippen molar-refractivity contribution in [2.45, 2.75) is 44.2 Å². The number of aliphatic hydroxyl groups is 1. The van der Waals surface area contributed by atoms with E-state index < -0.39 is 0 Å². The third kappa shape index (κ3) is 3.09. The van der Waals surface area contributed by atoms with Crippen molar-refractivity contribution in [3.63, 3.8) is 0 Å². The number of carbonyl (C=O) groups excluding carboxylic acids is 1. The fourth-order valence-corrected chi connectivity index (χ4v) is 3.22. The molecule has 5 nitrogen and oxygen atoms in total. The van der Waals surface area contributed by atoms with Crippen LogP contribution < -0.4 is 5.32 Å². The zero-order valence-electron chi connectivity index (χ0n) is 12.6. The number of amides is 1. The molecular weight excluding hydrogens is 280 g/mol. The van der Waals surface area contributed by atoms with Crippen LogP contribution in [0.1, 0.15) is 60.4 Å². The lowest BCUT2D eigenvalue weighted by atomic mass is 10.1. The zero-order valence-corrected chi connectivity index (χ0v) is 12.6. The molecular formula is C17H22N2O3. The summed E-state index contributed by atoms with van der Waals surface area (Å²) in [7, 11) is 0. The number of rotatable bonds is 6. The molecule has 2 heterocycles. The van der Waals surface area contributed by atoms with Crippen molar-refractivity contribution in [3.8, 4) is 0 Å². The Kier molecular flexibility index (Phi) is 4.63. The number of nitrogens with one attached hydrogen (secondary N) is 1. The highest BCUT2D eigenvalue weighted by Crippen LogP contribution is 2.31. The Balaban J connectivity index is 1.74. The lowest BCUT2D eigenvalue weighted by Gasteiger charge is -2.19. The molecule has 0 bridgehead atoms. The first kappa shape index (κ1) is 14.9. The van der Waals surface area contributed by atoms with Crippen molar-refractivity contribution in [2.24, 2.45) is 0 Å². The SMILES string of the molecule is O=C(NC(CCO)c1ccco1)c1cccn1C1CCCC1. The molecule has 3 rings (SSSR count). The highest BCUT2D eigenvalue weighted by molar-refractivity contribution is 5.93. The first-order valence-corrected chi connectivity index (χ1v) is 7.91. The normalized spacial score (nSPS) is 16.8. The van der Waals surface area contributed by atoms with Gasteiger partial charge >= 0.3 is 0 Å². The van der Waals surface area contributed by atoms with Crippen LogP contribution in [0.5, 0.6) is 0 Å². The molecule has 2 aromatic rings. The van der Waals surface area contributed by atoms with Crippen molar-refractivity contribution >= 4 is 5.91 Å². The lowest BCUT2D eigenvalue weighted by molar-refractivity contribution is 0.0912. The van der Waals surface area contributed by atoms with Gasteiger partial charge < -0.3 is 19.4 Å². The van der Waals surface area contributed by atoms with Crippen molar-refractivity contribution in [1.29, 1.82) is 0 Å². The molecule has 1 fully saturated rings. The summed E-state index contributed by atoms with van der Waals surface area (Å²) >= 11 is 0. The van der Waals surface area contributed by atoms with Gasteiger partial charge in [0, 0.05) is 18.8 Å². The molecule has 1 saturated carbocycles. The molecule has 5 heteroatoms. The number of furan rings is 1. The number of aromatic nitrogens is 1. The summed E-state index contributed by atoms with van der Waals surface area (Å²) in [5.41, 5.74) is 0.682. The van der Waals surface area contributed by atoms with Crippen LogP contribution in [-0.4, -0.2) is 22.2 Å². The predicted molar refractivity (Wildman–Crippen MR) is 82.6 cm³/mol. The Bertz CT molecular complexity index is 597. The first-order valence-electron chi connectivity index (χ1n) is 7.91. The van der Waals surface area contributed by atoms with Gasteiger partial charge in [-0.2, -0.15) is 0 Å². The van der Waals surface area contributed by atoms with Crippen molar-refractivity contribution in [2.75, 3.05) is 6.61 Å². The second-order valence-electron chi connectivity index (χ2n) is 5.79. The van der Waals surface area contributed by atoms with E-state index in [1.165, 1.54) is 12.8 Å². The number of carbonyl (C=O) groups is 1. The van der Waals surface area contributed by atoms with E-state index in [0.29, 0.717) is 23.9 Å². The van der Waals surface area contributed by atoms with Gasteiger partial charge in [0.15, 0.2) is 0 Å². The van der Waals surface area contributed by atoms with Gasteiger partial charge in [-0.25, -0.2) is 0 Å². The van der Waals surface area contributed by atoms with Crippen LogP contribution in [0.2, 0.25) is 0 Å². The van der Waals surface area contributed by atoms with Gasteiger partial charge in [0.05, 0.1) is 12.3 Å². The van der Waals surface area contributed by atoms with Crippen LogP contribution in [0.3, 0.4) is 0 Å². The summed E-state index contributed by atoms with van der Waals surface area (Å²) in [6.07, 6.45) is 8.71. The number of nitrogens with zero attached hydrogens (tertiary/aromatic N) is 1. The molecule has 2 aromatic heterocycles. The summed E-state index contributed by atoms with van der Waals surface area (Å²) in [6, 6.07) is 7.49. The van der Waals surface area contributed by atoms with Gasteiger partial charge in [0.2, 0.25) is 0 Å².